The van der Waals surface area contributed by atoms with Gasteiger partial charge in [0.15, 0.2) is 6.54 Å². The van der Waals surface area contributed by atoms with E-state index in [-0.39, 0.29) is 55.1 Å². The molecular formula is C11H20ClNNaO4. The standard InChI is InChI=1S/C11H19NO4.ClH.Na/c1-4-11(15)16-8-7-12(5-2,6-3)9-10(13)14;;/h4H,1,5-9H2,2-3H3;1H;. The van der Waals surface area contributed by atoms with Crippen LogP contribution in [0.15, 0.2) is 12.7 Å². The quantitative estimate of drug-likeness (QED) is 0.228. The molecule has 0 aliphatic carbocycles. The van der Waals surface area contributed by atoms with E-state index >= 15 is 0 Å². The number of rotatable bonds is 8. The summed E-state index contributed by atoms with van der Waals surface area (Å²) in [5, 5.41) is 8.83. The van der Waals surface area contributed by atoms with Gasteiger partial charge >= 0.3 is 11.9 Å². The SMILES string of the molecule is C=CC(=O)OCC[N+](CC)(CC)CC(=O)O.[Cl-].[Na]. The number of carbonyl (C=O) groups excluding carboxylic acids is 1. The Morgan fingerprint density at radius 2 is 1.83 bits per heavy atom. The van der Waals surface area contributed by atoms with Gasteiger partial charge < -0.3 is 26.7 Å². The Balaban J connectivity index is -0.00000112. The second kappa shape index (κ2) is 12.0. The van der Waals surface area contributed by atoms with E-state index in [1.165, 1.54) is 0 Å². The van der Waals surface area contributed by atoms with Crippen LogP contribution in [0.1, 0.15) is 13.8 Å². The Bertz CT molecular complexity index is 270. The van der Waals surface area contributed by atoms with E-state index < -0.39 is 11.9 Å². The first-order valence-corrected chi connectivity index (χ1v) is 5.35. The van der Waals surface area contributed by atoms with E-state index in [4.69, 9.17) is 9.84 Å². The smallest absolute Gasteiger partial charge is 0.359 e. The molecule has 0 bridgehead atoms. The Morgan fingerprint density at radius 1 is 1.33 bits per heavy atom. The topological polar surface area (TPSA) is 63.6 Å². The zero-order valence-electron chi connectivity index (χ0n) is 11.3. The van der Waals surface area contributed by atoms with Crippen LogP contribution in [-0.4, -0.2) is 83.9 Å². The molecule has 0 aromatic carbocycles. The molecule has 1 N–H and O–H groups in total. The van der Waals surface area contributed by atoms with Crippen LogP contribution in [0.3, 0.4) is 0 Å². The van der Waals surface area contributed by atoms with Gasteiger partial charge in [0, 0.05) is 35.6 Å². The molecule has 101 valence electrons. The molecule has 0 aromatic rings. The minimum atomic E-state index is -0.834. The molecule has 0 spiro atoms. The largest absolute Gasteiger partial charge is 1.00 e. The summed E-state index contributed by atoms with van der Waals surface area (Å²) in [6.45, 7) is 9.35. The molecular weight excluding hydrogens is 269 g/mol. The van der Waals surface area contributed by atoms with Gasteiger partial charge in [-0.25, -0.2) is 9.59 Å². The Morgan fingerprint density at radius 3 is 2.17 bits per heavy atom. The van der Waals surface area contributed by atoms with Gasteiger partial charge in [-0.3, -0.25) is 0 Å². The fourth-order valence-corrected chi connectivity index (χ4v) is 1.53. The van der Waals surface area contributed by atoms with Crippen LogP contribution in [0.4, 0.5) is 0 Å². The summed E-state index contributed by atoms with van der Waals surface area (Å²) in [6.07, 6.45) is 1.10. The first kappa shape index (κ1) is 23.1. The van der Waals surface area contributed by atoms with Crippen molar-refractivity contribution in [3.63, 3.8) is 0 Å². The summed E-state index contributed by atoms with van der Waals surface area (Å²) in [7, 11) is 0. The molecule has 0 rings (SSSR count). The first-order valence-electron chi connectivity index (χ1n) is 5.35. The van der Waals surface area contributed by atoms with Crippen molar-refractivity contribution >= 4 is 41.5 Å². The van der Waals surface area contributed by atoms with Crippen LogP contribution in [0.2, 0.25) is 0 Å². The number of nitrogens with zero attached hydrogens (tertiary/aromatic N) is 1. The molecule has 0 saturated carbocycles. The Hall–Kier alpha value is -0.0700. The van der Waals surface area contributed by atoms with Crippen molar-refractivity contribution in [1.82, 2.24) is 0 Å². The van der Waals surface area contributed by atoms with Crippen molar-refractivity contribution < 1.29 is 36.3 Å². The second-order valence-electron chi connectivity index (χ2n) is 3.62. The van der Waals surface area contributed by atoms with E-state index in [1.54, 1.807) is 0 Å². The van der Waals surface area contributed by atoms with Crippen LogP contribution in [0.5, 0.6) is 0 Å². The molecule has 1 radical (unpaired) electrons. The molecule has 0 saturated heterocycles. The van der Waals surface area contributed by atoms with Gasteiger partial charge in [0.25, 0.3) is 0 Å². The van der Waals surface area contributed by atoms with E-state index in [1.807, 2.05) is 13.8 Å². The Kier molecular flexibility index (Phi) is 15.4. The number of quaternary nitrogens is 1. The summed E-state index contributed by atoms with van der Waals surface area (Å²) in [5.41, 5.74) is 0. The number of ether oxygens (including phenoxy) is 1. The van der Waals surface area contributed by atoms with Crippen molar-refractivity contribution in [2.24, 2.45) is 0 Å². The maximum absolute atomic E-state index is 10.8. The van der Waals surface area contributed by atoms with Crippen molar-refractivity contribution in [1.29, 1.82) is 0 Å². The van der Waals surface area contributed by atoms with Crippen molar-refractivity contribution in [2.45, 2.75) is 13.8 Å². The molecule has 0 amide bonds. The van der Waals surface area contributed by atoms with Crippen LogP contribution in [-0.2, 0) is 14.3 Å². The molecule has 0 unspecified atom stereocenters. The molecule has 0 aliphatic heterocycles. The first-order chi connectivity index (χ1) is 7.49. The van der Waals surface area contributed by atoms with Gasteiger partial charge in [0.2, 0.25) is 0 Å². The van der Waals surface area contributed by atoms with Gasteiger partial charge in [0.1, 0.15) is 13.2 Å². The predicted molar refractivity (Wildman–Crippen MR) is 65.6 cm³/mol. The van der Waals surface area contributed by atoms with E-state index in [0.29, 0.717) is 24.1 Å². The third kappa shape index (κ3) is 8.94. The van der Waals surface area contributed by atoms with Gasteiger partial charge in [-0.05, 0) is 13.8 Å². The molecule has 5 nitrogen and oxygen atoms in total. The maximum Gasteiger partial charge on any atom is 0.359 e. The predicted octanol–water partition coefficient (Wildman–Crippen LogP) is -2.72. The summed E-state index contributed by atoms with van der Waals surface area (Å²) in [6, 6.07) is 0. The third-order valence-corrected chi connectivity index (χ3v) is 2.79. The van der Waals surface area contributed by atoms with E-state index in [9.17, 15) is 9.59 Å². The molecule has 0 aromatic heterocycles. The maximum atomic E-state index is 10.8. The molecule has 0 heterocycles. The number of hydrogen-bond acceptors (Lipinski definition) is 3. The fourth-order valence-electron chi connectivity index (χ4n) is 1.53. The number of hydrogen-bond donors (Lipinski definition) is 1. The van der Waals surface area contributed by atoms with Crippen LogP contribution >= 0.6 is 0 Å². The minimum absolute atomic E-state index is 0. The molecule has 18 heavy (non-hydrogen) atoms. The number of aliphatic carboxylic acids is 1. The normalized spacial score (nSPS) is 9.67. The number of likely N-dealkylation sites (N-methyl/N-ethyl adjacent to an activating group) is 1. The molecule has 0 atom stereocenters. The number of carboxylic acid groups (broad SMARTS) is 1. The average molecular weight is 289 g/mol. The molecule has 0 aliphatic rings. The minimum Gasteiger partial charge on any atom is -1.00 e. The van der Waals surface area contributed by atoms with Gasteiger partial charge in [-0.15, -0.1) is 0 Å². The zero-order valence-corrected chi connectivity index (χ0v) is 14.1. The summed E-state index contributed by atoms with van der Waals surface area (Å²) in [5.74, 6) is -1.31. The number of carboxylic acids is 1. The zero-order chi connectivity index (χ0) is 12.6. The van der Waals surface area contributed by atoms with Gasteiger partial charge in [0.05, 0.1) is 13.1 Å². The molecule has 7 heteroatoms. The Labute approximate surface area is 136 Å². The van der Waals surface area contributed by atoms with Crippen LogP contribution < -0.4 is 12.4 Å². The van der Waals surface area contributed by atoms with Crippen LogP contribution in [0.25, 0.3) is 0 Å². The van der Waals surface area contributed by atoms with E-state index in [0.717, 1.165) is 6.08 Å². The van der Waals surface area contributed by atoms with Crippen LogP contribution in [0, 0.1) is 0 Å². The molecule has 0 fully saturated rings. The summed E-state index contributed by atoms with van der Waals surface area (Å²) >= 11 is 0. The average Bonchev–Trinajstić information content (AvgIpc) is 2.26. The van der Waals surface area contributed by atoms with E-state index in [2.05, 4.69) is 6.58 Å². The van der Waals surface area contributed by atoms with Crippen molar-refractivity contribution in [3.05, 3.63) is 12.7 Å². The third-order valence-electron chi connectivity index (χ3n) is 2.79. The number of carbonyl (C=O) groups is 2. The van der Waals surface area contributed by atoms with Gasteiger partial charge in [-0.2, -0.15) is 0 Å². The van der Waals surface area contributed by atoms with Crippen molar-refractivity contribution in [2.75, 3.05) is 32.8 Å². The number of esters is 1. The van der Waals surface area contributed by atoms with Crippen molar-refractivity contribution in [3.8, 4) is 0 Å². The van der Waals surface area contributed by atoms with Gasteiger partial charge in [-0.1, -0.05) is 6.58 Å². The monoisotopic (exact) mass is 288 g/mol. The summed E-state index contributed by atoms with van der Waals surface area (Å²) in [4.78, 5) is 21.6. The number of halogens is 1. The summed E-state index contributed by atoms with van der Waals surface area (Å²) < 4.78 is 5.28. The second-order valence-corrected chi connectivity index (χ2v) is 3.62. The fraction of sp³-hybridized carbons (Fsp3) is 0.636.